The number of hydrogen-bond donors (Lipinski definition) is 1. The van der Waals surface area contributed by atoms with Crippen LogP contribution >= 0.6 is 23.2 Å². The summed E-state index contributed by atoms with van der Waals surface area (Å²) < 4.78 is 27.1. The van der Waals surface area contributed by atoms with Gasteiger partial charge in [0.1, 0.15) is 4.90 Å². The Morgan fingerprint density at radius 2 is 1.75 bits per heavy atom. The number of aryl methyl sites for hydroxylation is 1. The van der Waals surface area contributed by atoms with Gasteiger partial charge in [-0.2, -0.15) is 4.31 Å². The van der Waals surface area contributed by atoms with Gasteiger partial charge < -0.3 is 5.32 Å². The van der Waals surface area contributed by atoms with Gasteiger partial charge in [-0.25, -0.2) is 8.42 Å². The lowest BCUT2D eigenvalue weighted by molar-refractivity contribution is -0.126. The van der Waals surface area contributed by atoms with E-state index in [9.17, 15) is 13.2 Å². The number of benzene rings is 2. The molecule has 1 saturated heterocycles. The van der Waals surface area contributed by atoms with E-state index in [-0.39, 0.29) is 39.9 Å². The first kappa shape index (κ1) is 21.1. The van der Waals surface area contributed by atoms with Gasteiger partial charge >= 0.3 is 0 Å². The van der Waals surface area contributed by atoms with Crippen LogP contribution in [0.2, 0.25) is 10.0 Å². The zero-order valence-electron chi connectivity index (χ0n) is 15.5. The number of rotatable bonds is 5. The zero-order valence-corrected chi connectivity index (χ0v) is 17.8. The van der Waals surface area contributed by atoms with Crippen LogP contribution in [-0.4, -0.2) is 31.7 Å². The topological polar surface area (TPSA) is 66.5 Å². The molecule has 5 nitrogen and oxygen atoms in total. The summed E-state index contributed by atoms with van der Waals surface area (Å²) in [4.78, 5) is 12.4. The van der Waals surface area contributed by atoms with Crippen molar-refractivity contribution in [3.8, 4) is 0 Å². The molecule has 2 aromatic rings. The molecule has 3 rings (SSSR count). The fraction of sp³-hybridized carbons (Fsp3) is 0.350. The maximum Gasteiger partial charge on any atom is 0.244 e. The highest BCUT2D eigenvalue weighted by Crippen LogP contribution is 2.32. The molecule has 1 heterocycles. The summed E-state index contributed by atoms with van der Waals surface area (Å²) >= 11 is 12.0. The van der Waals surface area contributed by atoms with E-state index in [1.807, 2.05) is 31.2 Å². The predicted octanol–water partition coefficient (Wildman–Crippen LogP) is 4.02. The second-order valence-electron chi connectivity index (χ2n) is 6.93. The Morgan fingerprint density at radius 1 is 1.11 bits per heavy atom. The van der Waals surface area contributed by atoms with Gasteiger partial charge in [-0.1, -0.05) is 59.1 Å². The zero-order chi connectivity index (χ0) is 20.3. The number of amides is 1. The molecular formula is C20H22Cl2N2O3S. The molecule has 8 heteroatoms. The average molecular weight is 441 g/mol. The van der Waals surface area contributed by atoms with Gasteiger partial charge in [0.25, 0.3) is 0 Å². The highest BCUT2D eigenvalue weighted by atomic mass is 35.5. The molecule has 1 N–H and O–H groups in total. The van der Waals surface area contributed by atoms with E-state index >= 15 is 0 Å². The minimum atomic E-state index is -3.74. The van der Waals surface area contributed by atoms with Gasteiger partial charge in [0, 0.05) is 25.6 Å². The van der Waals surface area contributed by atoms with Crippen molar-refractivity contribution in [2.24, 2.45) is 5.92 Å². The number of nitrogens with zero attached hydrogens (tertiary/aromatic N) is 1. The predicted molar refractivity (Wildman–Crippen MR) is 111 cm³/mol. The smallest absolute Gasteiger partial charge is 0.244 e. The number of nitrogens with one attached hydrogen (secondary N) is 1. The van der Waals surface area contributed by atoms with E-state index in [0.29, 0.717) is 19.4 Å². The Hall–Kier alpha value is -1.60. The van der Waals surface area contributed by atoms with Gasteiger partial charge in [-0.15, -0.1) is 0 Å². The van der Waals surface area contributed by atoms with Gasteiger partial charge in [-0.05, 0) is 37.5 Å². The molecule has 1 amide bonds. The van der Waals surface area contributed by atoms with Crippen molar-refractivity contribution in [1.82, 2.24) is 9.62 Å². The van der Waals surface area contributed by atoms with Crippen LogP contribution < -0.4 is 5.32 Å². The van der Waals surface area contributed by atoms with E-state index in [1.165, 1.54) is 15.9 Å². The standard InChI is InChI=1S/C20H22Cl2N2O3S/c1-14-5-7-15(8-6-14)13-23-20(25)16-9-11-24(12-10-16)28(26,27)18-4-2-3-17(21)19(18)22/h2-8,16H,9-13H2,1H3,(H,23,25). The molecule has 28 heavy (non-hydrogen) atoms. The van der Waals surface area contributed by atoms with Crippen LogP contribution in [0.25, 0.3) is 0 Å². The molecule has 0 unspecified atom stereocenters. The maximum atomic E-state index is 12.9. The molecule has 0 spiro atoms. The van der Waals surface area contributed by atoms with Crippen LogP contribution in [-0.2, 0) is 21.4 Å². The first-order valence-corrected chi connectivity index (χ1v) is 11.3. The first-order valence-electron chi connectivity index (χ1n) is 9.06. The van der Waals surface area contributed by atoms with Crippen molar-refractivity contribution in [3.63, 3.8) is 0 Å². The van der Waals surface area contributed by atoms with Gasteiger partial charge in [0.05, 0.1) is 10.0 Å². The fourth-order valence-corrected chi connectivity index (χ4v) is 5.43. The van der Waals surface area contributed by atoms with Crippen molar-refractivity contribution >= 4 is 39.1 Å². The van der Waals surface area contributed by atoms with E-state index in [4.69, 9.17) is 23.2 Å². The molecular weight excluding hydrogens is 419 g/mol. The van der Waals surface area contributed by atoms with Gasteiger partial charge in [0.15, 0.2) is 0 Å². The van der Waals surface area contributed by atoms with Crippen LogP contribution in [0.3, 0.4) is 0 Å². The molecule has 2 aromatic carbocycles. The third-order valence-corrected chi connectivity index (χ3v) is 7.82. The minimum absolute atomic E-state index is 0.00365. The number of piperidine rings is 1. The largest absolute Gasteiger partial charge is 0.352 e. The number of hydrogen-bond acceptors (Lipinski definition) is 3. The number of halogens is 2. The molecule has 1 fully saturated rings. The number of carbonyl (C=O) groups is 1. The summed E-state index contributed by atoms with van der Waals surface area (Å²) in [5.41, 5.74) is 2.21. The van der Waals surface area contributed by atoms with Crippen LogP contribution in [0.15, 0.2) is 47.4 Å². The highest BCUT2D eigenvalue weighted by Gasteiger charge is 2.33. The molecule has 0 saturated carbocycles. The van der Waals surface area contributed by atoms with Crippen molar-refractivity contribution in [3.05, 3.63) is 63.6 Å². The monoisotopic (exact) mass is 440 g/mol. The third kappa shape index (κ3) is 4.69. The lowest BCUT2D eigenvalue weighted by atomic mass is 9.97. The SMILES string of the molecule is Cc1ccc(CNC(=O)C2CCN(S(=O)(=O)c3cccc(Cl)c3Cl)CC2)cc1. The molecule has 1 aliphatic rings. The second kappa shape index (κ2) is 8.82. The molecule has 0 aromatic heterocycles. The van der Waals surface area contributed by atoms with Gasteiger partial charge in [-0.3, -0.25) is 4.79 Å². The van der Waals surface area contributed by atoms with Crippen LogP contribution in [0.4, 0.5) is 0 Å². The van der Waals surface area contributed by atoms with Crippen molar-refractivity contribution in [1.29, 1.82) is 0 Å². The fourth-order valence-electron chi connectivity index (χ4n) is 3.22. The van der Waals surface area contributed by atoms with Crippen molar-refractivity contribution in [2.75, 3.05) is 13.1 Å². The van der Waals surface area contributed by atoms with E-state index in [0.717, 1.165) is 5.56 Å². The second-order valence-corrected chi connectivity index (χ2v) is 9.63. The Bertz CT molecular complexity index is 954. The minimum Gasteiger partial charge on any atom is -0.352 e. The van der Waals surface area contributed by atoms with Crippen LogP contribution in [0.5, 0.6) is 0 Å². The summed E-state index contributed by atoms with van der Waals surface area (Å²) in [5.74, 6) is -0.245. The molecule has 1 aliphatic heterocycles. The summed E-state index contributed by atoms with van der Waals surface area (Å²) in [6.07, 6.45) is 0.939. The van der Waals surface area contributed by atoms with E-state index in [2.05, 4.69) is 5.32 Å². The first-order chi connectivity index (χ1) is 13.3. The average Bonchev–Trinajstić information content (AvgIpc) is 2.69. The Balaban J connectivity index is 1.58. The van der Waals surface area contributed by atoms with Crippen molar-refractivity contribution in [2.45, 2.75) is 31.2 Å². The molecule has 0 atom stereocenters. The normalized spacial score (nSPS) is 16.1. The Kier molecular flexibility index (Phi) is 6.65. The van der Waals surface area contributed by atoms with E-state index in [1.54, 1.807) is 12.1 Å². The Morgan fingerprint density at radius 3 is 2.39 bits per heavy atom. The lowest BCUT2D eigenvalue weighted by Gasteiger charge is -2.30. The summed E-state index contributed by atoms with van der Waals surface area (Å²) in [7, 11) is -3.74. The van der Waals surface area contributed by atoms with E-state index < -0.39 is 10.0 Å². The number of carbonyl (C=O) groups excluding carboxylic acids is 1. The molecule has 0 radical (unpaired) electrons. The quantitative estimate of drug-likeness (QED) is 0.762. The van der Waals surface area contributed by atoms with Crippen molar-refractivity contribution < 1.29 is 13.2 Å². The number of sulfonamides is 1. The Labute approximate surface area is 175 Å². The highest BCUT2D eigenvalue weighted by molar-refractivity contribution is 7.89. The third-order valence-electron chi connectivity index (χ3n) is 4.95. The summed E-state index contributed by atoms with van der Waals surface area (Å²) in [5, 5.41) is 3.18. The maximum absolute atomic E-state index is 12.9. The summed E-state index contributed by atoms with van der Waals surface area (Å²) in [6.45, 7) is 3.03. The molecule has 0 bridgehead atoms. The van der Waals surface area contributed by atoms with Crippen LogP contribution in [0.1, 0.15) is 24.0 Å². The lowest BCUT2D eigenvalue weighted by Crippen LogP contribution is -2.42. The van der Waals surface area contributed by atoms with Gasteiger partial charge in [0.2, 0.25) is 15.9 Å². The van der Waals surface area contributed by atoms with Crippen LogP contribution in [0, 0.1) is 12.8 Å². The summed E-state index contributed by atoms with van der Waals surface area (Å²) in [6, 6.07) is 12.5. The molecule has 150 valence electrons. The molecule has 0 aliphatic carbocycles.